The minimum Gasteiger partial charge on any atom is -0.308 e. The fraction of sp³-hybridized carbons (Fsp3) is 0.188. The molecule has 6 nitrogen and oxygen atoms in total. The number of fused-ring (bicyclic) bond motifs is 3. The summed E-state index contributed by atoms with van der Waals surface area (Å²) in [5.74, 6) is 0.964. The Kier molecular flexibility index (Phi) is 6.53. The summed E-state index contributed by atoms with van der Waals surface area (Å²) < 4.78 is 4.19. The second kappa shape index (κ2) is 10.2. The molecule has 2 amide bonds. The number of hydrogen-bond donors (Lipinski definition) is 1. The number of nitrogens with one attached hydrogen (secondary N) is 1. The average Bonchev–Trinajstić information content (AvgIpc) is 3.51. The van der Waals surface area contributed by atoms with Gasteiger partial charge in [-0.3, -0.25) is 0 Å². The van der Waals surface area contributed by atoms with Crippen LogP contribution in [-0.2, 0) is 6.54 Å². The van der Waals surface area contributed by atoms with E-state index in [9.17, 15) is 4.79 Å². The SMILES string of the molecule is CSc1ccc([C@@H]2c3cccn3-c3c(c(C)nn3-c3ccccc3)CN2C(=O)Nc2cc(C)ccc2C)cc1. The number of thioether (sulfide) groups is 1. The Balaban J connectivity index is 1.53. The number of anilines is 1. The Hall–Kier alpha value is -4.23. The molecule has 0 saturated carbocycles. The van der Waals surface area contributed by atoms with Crippen molar-refractivity contribution in [1.82, 2.24) is 19.2 Å². The van der Waals surface area contributed by atoms with E-state index < -0.39 is 0 Å². The maximum absolute atomic E-state index is 14.2. The van der Waals surface area contributed by atoms with Crippen LogP contribution < -0.4 is 5.32 Å². The Morgan fingerprint density at radius 1 is 0.949 bits per heavy atom. The van der Waals surface area contributed by atoms with E-state index in [2.05, 4.69) is 70.9 Å². The van der Waals surface area contributed by atoms with Gasteiger partial charge in [0.25, 0.3) is 0 Å². The van der Waals surface area contributed by atoms with Crippen LogP contribution in [0.3, 0.4) is 0 Å². The molecule has 0 radical (unpaired) electrons. The number of amides is 2. The van der Waals surface area contributed by atoms with Gasteiger partial charge in [-0.25, -0.2) is 9.48 Å². The topological polar surface area (TPSA) is 55.1 Å². The Bertz CT molecular complexity index is 1650. The minimum absolute atomic E-state index is 0.143. The van der Waals surface area contributed by atoms with Gasteiger partial charge >= 0.3 is 6.03 Å². The van der Waals surface area contributed by atoms with Crippen LogP contribution in [0.15, 0.2) is 96.0 Å². The highest BCUT2D eigenvalue weighted by Crippen LogP contribution is 2.39. The van der Waals surface area contributed by atoms with Gasteiger partial charge in [-0.2, -0.15) is 5.10 Å². The lowest BCUT2D eigenvalue weighted by Gasteiger charge is -2.31. The molecule has 7 heteroatoms. The number of carbonyl (C=O) groups excluding carboxylic acids is 1. The van der Waals surface area contributed by atoms with E-state index in [-0.39, 0.29) is 12.1 Å². The van der Waals surface area contributed by atoms with Crippen molar-refractivity contribution in [3.63, 3.8) is 0 Å². The average molecular weight is 534 g/mol. The molecule has 39 heavy (non-hydrogen) atoms. The number of hydrogen-bond acceptors (Lipinski definition) is 3. The molecule has 5 aromatic rings. The van der Waals surface area contributed by atoms with Crippen molar-refractivity contribution in [3.05, 3.63) is 125 Å². The first-order chi connectivity index (χ1) is 18.9. The first kappa shape index (κ1) is 25.1. The van der Waals surface area contributed by atoms with Crippen molar-refractivity contribution in [3.8, 4) is 11.5 Å². The highest BCUT2D eigenvalue weighted by Gasteiger charge is 2.36. The summed E-state index contributed by atoms with van der Waals surface area (Å²) >= 11 is 1.71. The number of nitrogens with zero attached hydrogens (tertiary/aromatic N) is 4. The summed E-state index contributed by atoms with van der Waals surface area (Å²) in [5.41, 5.74) is 7.94. The molecule has 0 fully saturated rings. The van der Waals surface area contributed by atoms with Gasteiger partial charge in [0.1, 0.15) is 5.82 Å². The summed E-state index contributed by atoms with van der Waals surface area (Å²) in [6.07, 6.45) is 4.15. The van der Waals surface area contributed by atoms with Gasteiger partial charge in [0.2, 0.25) is 0 Å². The monoisotopic (exact) mass is 533 g/mol. The molecule has 0 aliphatic carbocycles. The summed E-state index contributed by atoms with van der Waals surface area (Å²) in [6, 6.07) is 28.6. The van der Waals surface area contributed by atoms with Crippen molar-refractivity contribution >= 4 is 23.5 Å². The zero-order chi connectivity index (χ0) is 27.1. The Morgan fingerprint density at radius 2 is 1.72 bits per heavy atom. The van der Waals surface area contributed by atoms with Gasteiger partial charge in [-0.05, 0) is 86.2 Å². The zero-order valence-corrected chi connectivity index (χ0v) is 23.4. The fourth-order valence-electron chi connectivity index (χ4n) is 5.34. The predicted molar refractivity (Wildman–Crippen MR) is 158 cm³/mol. The van der Waals surface area contributed by atoms with Crippen LogP contribution in [0.1, 0.15) is 39.7 Å². The van der Waals surface area contributed by atoms with E-state index in [1.54, 1.807) is 11.8 Å². The van der Waals surface area contributed by atoms with Gasteiger partial charge in [0.15, 0.2) is 0 Å². The molecular weight excluding hydrogens is 502 g/mol. The van der Waals surface area contributed by atoms with Crippen molar-refractivity contribution in [2.45, 2.75) is 38.3 Å². The summed E-state index contributed by atoms with van der Waals surface area (Å²) in [6.45, 7) is 6.50. The Labute approximate surface area is 233 Å². The predicted octanol–water partition coefficient (Wildman–Crippen LogP) is 7.45. The van der Waals surface area contributed by atoms with Gasteiger partial charge in [-0.15, -0.1) is 11.8 Å². The molecule has 1 atom stereocenters. The van der Waals surface area contributed by atoms with E-state index in [1.807, 2.05) is 66.8 Å². The molecule has 3 heterocycles. The van der Waals surface area contributed by atoms with E-state index >= 15 is 0 Å². The number of urea groups is 1. The van der Waals surface area contributed by atoms with Gasteiger partial charge < -0.3 is 14.8 Å². The zero-order valence-electron chi connectivity index (χ0n) is 22.6. The van der Waals surface area contributed by atoms with Crippen LogP contribution in [0.2, 0.25) is 0 Å². The third kappa shape index (κ3) is 4.53. The lowest BCUT2D eigenvalue weighted by Crippen LogP contribution is -2.38. The molecule has 1 aliphatic heterocycles. The largest absolute Gasteiger partial charge is 0.322 e. The second-order valence-electron chi connectivity index (χ2n) is 9.99. The lowest BCUT2D eigenvalue weighted by molar-refractivity contribution is 0.194. The lowest BCUT2D eigenvalue weighted by atomic mass is 10.0. The van der Waals surface area contributed by atoms with E-state index in [0.717, 1.165) is 50.8 Å². The normalized spacial score (nSPS) is 14.5. The highest BCUT2D eigenvalue weighted by molar-refractivity contribution is 7.98. The first-order valence-electron chi connectivity index (χ1n) is 13.0. The third-order valence-corrected chi connectivity index (χ3v) is 8.16. The number of carbonyl (C=O) groups is 1. The number of benzene rings is 3. The molecular formula is C32H31N5OS. The van der Waals surface area contributed by atoms with Crippen LogP contribution in [0.4, 0.5) is 10.5 Å². The van der Waals surface area contributed by atoms with Crippen molar-refractivity contribution < 1.29 is 4.79 Å². The van der Waals surface area contributed by atoms with E-state index in [0.29, 0.717) is 6.54 Å². The van der Waals surface area contributed by atoms with Crippen molar-refractivity contribution in [1.29, 1.82) is 0 Å². The number of aromatic nitrogens is 3. The molecule has 6 rings (SSSR count). The van der Waals surface area contributed by atoms with Crippen LogP contribution in [0.5, 0.6) is 0 Å². The summed E-state index contributed by atoms with van der Waals surface area (Å²) in [5, 5.41) is 8.17. The van der Waals surface area contributed by atoms with Crippen molar-refractivity contribution in [2.24, 2.45) is 0 Å². The molecule has 196 valence electrons. The highest BCUT2D eigenvalue weighted by atomic mass is 32.2. The summed E-state index contributed by atoms with van der Waals surface area (Å²) in [7, 11) is 0. The van der Waals surface area contributed by atoms with Crippen LogP contribution in [0.25, 0.3) is 11.5 Å². The molecule has 1 N–H and O–H groups in total. The van der Waals surface area contributed by atoms with Gasteiger partial charge in [-0.1, -0.05) is 42.5 Å². The Morgan fingerprint density at radius 3 is 2.46 bits per heavy atom. The van der Waals surface area contributed by atoms with Gasteiger partial charge in [0.05, 0.1) is 29.7 Å². The molecule has 2 aromatic heterocycles. The van der Waals surface area contributed by atoms with Crippen LogP contribution in [0, 0.1) is 20.8 Å². The maximum Gasteiger partial charge on any atom is 0.322 e. The molecule has 0 unspecified atom stereocenters. The standard InChI is InChI=1S/C32H31N5OS/c1-21-12-13-22(2)28(19-21)33-32(38)36-20-27-23(3)34-37(25-9-6-5-7-10-25)31(27)35-18-8-11-29(35)30(36)24-14-16-26(39-4)17-15-24/h5-19,30H,20H2,1-4H3,(H,33,38)/t30-/m1/s1. The third-order valence-electron chi connectivity index (χ3n) is 7.41. The smallest absolute Gasteiger partial charge is 0.308 e. The second-order valence-corrected chi connectivity index (χ2v) is 10.9. The van der Waals surface area contributed by atoms with Crippen LogP contribution >= 0.6 is 11.8 Å². The van der Waals surface area contributed by atoms with Crippen molar-refractivity contribution in [2.75, 3.05) is 11.6 Å². The quantitative estimate of drug-likeness (QED) is 0.244. The first-order valence-corrected chi connectivity index (χ1v) is 14.3. The van der Waals surface area contributed by atoms with Gasteiger partial charge in [0, 0.05) is 22.3 Å². The minimum atomic E-state index is -0.294. The van der Waals surface area contributed by atoms with E-state index in [4.69, 9.17) is 5.10 Å². The number of rotatable bonds is 4. The summed E-state index contributed by atoms with van der Waals surface area (Å²) in [4.78, 5) is 17.3. The molecule has 0 bridgehead atoms. The number of para-hydroxylation sites is 1. The van der Waals surface area contributed by atoms with E-state index in [1.165, 1.54) is 4.90 Å². The molecule has 0 saturated heterocycles. The molecule has 0 spiro atoms. The number of aryl methyl sites for hydroxylation is 3. The van der Waals surface area contributed by atoms with Crippen LogP contribution in [-0.4, -0.2) is 31.5 Å². The molecule has 3 aromatic carbocycles. The maximum atomic E-state index is 14.2. The fourth-order valence-corrected chi connectivity index (χ4v) is 5.75. The molecule has 1 aliphatic rings.